The average Bonchev–Trinajstić information content (AvgIpc) is 2.18. The first-order valence-corrected chi connectivity index (χ1v) is 4.89. The lowest BCUT2D eigenvalue weighted by molar-refractivity contribution is -0.271. The molecule has 0 aromatic carbocycles. The molecule has 1 rings (SSSR count). The molecule has 0 spiro atoms. The normalized spacial score (nSPS) is 28.2. The standard InChI is InChI=1S/C10H17NO4/c1-7(2)9(13)15-10(8(3)12)6-11-4-5-14-10/h8,11-12H,1,4-6H2,2-3H3. The van der Waals surface area contributed by atoms with Gasteiger partial charge >= 0.3 is 5.97 Å². The van der Waals surface area contributed by atoms with Crippen LogP contribution in [0.15, 0.2) is 12.2 Å². The minimum absolute atomic E-state index is 0.281. The Morgan fingerprint density at radius 3 is 2.80 bits per heavy atom. The number of carbonyl (C=O) groups excluding carboxylic acids is 1. The third-order valence-electron chi connectivity index (χ3n) is 2.25. The zero-order valence-corrected chi connectivity index (χ0v) is 9.08. The first kappa shape index (κ1) is 12.2. The van der Waals surface area contributed by atoms with Crippen molar-refractivity contribution >= 4 is 5.97 Å². The highest BCUT2D eigenvalue weighted by molar-refractivity contribution is 5.87. The summed E-state index contributed by atoms with van der Waals surface area (Å²) in [6.45, 7) is 7.91. The SMILES string of the molecule is C=C(C)C(=O)OC1(C(C)O)CNCCO1. The van der Waals surface area contributed by atoms with Gasteiger partial charge in [-0.15, -0.1) is 0 Å². The van der Waals surface area contributed by atoms with Crippen LogP contribution in [0.25, 0.3) is 0 Å². The predicted molar refractivity (Wildman–Crippen MR) is 54.1 cm³/mol. The molecule has 2 N–H and O–H groups in total. The molecule has 5 nitrogen and oxygen atoms in total. The smallest absolute Gasteiger partial charge is 0.335 e. The predicted octanol–water partition coefficient (Wildman–Crippen LogP) is -0.197. The summed E-state index contributed by atoms with van der Waals surface area (Å²) in [6, 6.07) is 0. The molecular weight excluding hydrogens is 198 g/mol. The van der Waals surface area contributed by atoms with Crippen molar-refractivity contribution in [3.63, 3.8) is 0 Å². The number of rotatable bonds is 3. The maximum atomic E-state index is 11.4. The van der Waals surface area contributed by atoms with Crippen molar-refractivity contribution in [2.24, 2.45) is 0 Å². The van der Waals surface area contributed by atoms with E-state index in [1.54, 1.807) is 6.92 Å². The van der Waals surface area contributed by atoms with E-state index < -0.39 is 17.9 Å². The zero-order valence-electron chi connectivity index (χ0n) is 9.08. The number of morpholine rings is 1. The highest BCUT2D eigenvalue weighted by Crippen LogP contribution is 2.21. The number of aliphatic hydroxyl groups is 1. The fraction of sp³-hybridized carbons (Fsp3) is 0.700. The van der Waals surface area contributed by atoms with E-state index in [0.29, 0.717) is 13.2 Å². The number of carbonyl (C=O) groups is 1. The van der Waals surface area contributed by atoms with E-state index in [1.165, 1.54) is 6.92 Å². The molecule has 86 valence electrons. The molecule has 1 aliphatic heterocycles. The minimum atomic E-state index is -1.28. The van der Waals surface area contributed by atoms with Crippen LogP contribution in [0.1, 0.15) is 13.8 Å². The van der Waals surface area contributed by atoms with Crippen LogP contribution in [-0.4, -0.2) is 42.7 Å². The monoisotopic (exact) mass is 215 g/mol. The largest absolute Gasteiger partial charge is 0.425 e. The maximum absolute atomic E-state index is 11.4. The molecule has 0 aromatic heterocycles. The number of ether oxygens (including phenoxy) is 2. The summed E-state index contributed by atoms with van der Waals surface area (Å²) in [4.78, 5) is 11.4. The van der Waals surface area contributed by atoms with Gasteiger partial charge in [-0.05, 0) is 13.8 Å². The van der Waals surface area contributed by atoms with Gasteiger partial charge in [-0.2, -0.15) is 0 Å². The molecule has 0 saturated carbocycles. The van der Waals surface area contributed by atoms with E-state index in [0.717, 1.165) is 0 Å². The van der Waals surface area contributed by atoms with Crippen LogP contribution in [-0.2, 0) is 14.3 Å². The van der Waals surface area contributed by atoms with Crippen LogP contribution in [0.5, 0.6) is 0 Å². The lowest BCUT2D eigenvalue weighted by atomic mass is 10.1. The van der Waals surface area contributed by atoms with Gasteiger partial charge in [0.2, 0.25) is 0 Å². The summed E-state index contributed by atoms with van der Waals surface area (Å²) in [5.41, 5.74) is 0.282. The van der Waals surface area contributed by atoms with Crippen molar-refractivity contribution in [2.75, 3.05) is 19.7 Å². The molecule has 1 heterocycles. The Morgan fingerprint density at radius 2 is 2.40 bits per heavy atom. The third kappa shape index (κ3) is 2.77. The van der Waals surface area contributed by atoms with E-state index in [4.69, 9.17) is 9.47 Å². The molecule has 0 radical (unpaired) electrons. The second-order valence-corrected chi connectivity index (χ2v) is 3.68. The first-order valence-electron chi connectivity index (χ1n) is 4.89. The molecule has 0 aromatic rings. The van der Waals surface area contributed by atoms with Crippen molar-refractivity contribution in [2.45, 2.75) is 25.7 Å². The number of hydrogen-bond donors (Lipinski definition) is 2. The highest BCUT2D eigenvalue weighted by Gasteiger charge is 2.42. The van der Waals surface area contributed by atoms with Crippen molar-refractivity contribution in [1.29, 1.82) is 0 Å². The van der Waals surface area contributed by atoms with Gasteiger partial charge in [0.1, 0.15) is 6.10 Å². The quantitative estimate of drug-likeness (QED) is 0.504. The van der Waals surface area contributed by atoms with E-state index in [1.807, 2.05) is 0 Å². The molecule has 2 unspecified atom stereocenters. The Labute approximate surface area is 89.1 Å². The van der Waals surface area contributed by atoms with Crippen LogP contribution < -0.4 is 5.32 Å². The molecule has 0 bridgehead atoms. The molecule has 2 atom stereocenters. The van der Waals surface area contributed by atoms with E-state index in [-0.39, 0.29) is 12.1 Å². The average molecular weight is 215 g/mol. The Morgan fingerprint density at radius 1 is 1.73 bits per heavy atom. The van der Waals surface area contributed by atoms with Crippen molar-refractivity contribution < 1.29 is 19.4 Å². The molecule has 0 amide bonds. The van der Waals surface area contributed by atoms with E-state index in [9.17, 15) is 9.90 Å². The second-order valence-electron chi connectivity index (χ2n) is 3.68. The molecule has 1 fully saturated rings. The van der Waals surface area contributed by atoms with Gasteiger partial charge in [0, 0.05) is 12.1 Å². The van der Waals surface area contributed by atoms with Gasteiger partial charge in [0.15, 0.2) is 0 Å². The topological polar surface area (TPSA) is 67.8 Å². The molecule has 5 heteroatoms. The maximum Gasteiger partial charge on any atom is 0.335 e. The van der Waals surface area contributed by atoms with Crippen molar-refractivity contribution in [3.8, 4) is 0 Å². The molecular formula is C10H17NO4. The van der Waals surface area contributed by atoms with Crippen molar-refractivity contribution in [3.05, 3.63) is 12.2 Å². The highest BCUT2D eigenvalue weighted by atomic mass is 16.7. The molecule has 0 aliphatic carbocycles. The second kappa shape index (κ2) is 4.74. The summed E-state index contributed by atoms with van der Waals surface area (Å²) in [6.07, 6.45) is -0.895. The fourth-order valence-corrected chi connectivity index (χ4v) is 1.27. The third-order valence-corrected chi connectivity index (χ3v) is 2.25. The lowest BCUT2D eigenvalue weighted by Crippen LogP contribution is -2.58. The number of aliphatic hydroxyl groups excluding tert-OH is 1. The first-order chi connectivity index (χ1) is 6.98. The van der Waals surface area contributed by atoms with Gasteiger partial charge in [-0.1, -0.05) is 6.58 Å². The number of nitrogens with one attached hydrogen (secondary N) is 1. The lowest BCUT2D eigenvalue weighted by Gasteiger charge is -2.38. The van der Waals surface area contributed by atoms with Gasteiger partial charge in [0.25, 0.3) is 5.79 Å². The molecule has 1 aliphatic rings. The van der Waals surface area contributed by atoms with Gasteiger partial charge in [-0.25, -0.2) is 4.79 Å². The Hall–Kier alpha value is -0.910. The summed E-state index contributed by atoms with van der Waals surface area (Å²) >= 11 is 0. The van der Waals surface area contributed by atoms with Crippen molar-refractivity contribution in [1.82, 2.24) is 5.32 Å². The molecule has 15 heavy (non-hydrogen) atoms. The van der Waals surface area contributed by atoms with Gasteiger partial charge in [0.05, 0.1) is 13.2 Å². The fourth-order valence-electron chi connectivity index (χ4n) is 1.27. The van der Waals surface area contributed by atoms with E-state index in [2.05, 4.69) is 11.9 Å². The Balaban J connectivity index is 2.73. The zero-order chi connectivity index (χ0) is 11.5. The minimum Gasteiger partial charge on any atom is -0.425 e. The van der Waals surface area contributed by atoms with Crippen LogP contribution in [0, 0.1) is 0 Å². The van der Waals surface area contributed by atoms with E-state index >= 15 is 0 Å². The number of esters is 1. The van der Waals surface area contributed by atoms with Gasteiger partial charge in [-0.3, -0.25) is 0 Å². The summed E-state index contributed by atoms with van der Waals surface area (Å²) in [5, 5.41) is 12.6. The summed E-state index contributed by atoms with van der Waals surface area (Å²) in [5.74, 6) is -1.84. The van der Waals surface area contributed by atoms with Gasteiger partial charge < -0.3 is 19.9 Å². The Kier molecular flexibility index (Phi) is 3.84. The van der Waals surface area contributed by atoms with Crippen LogP contribution in [0.4, 0.5) is 0 Å². The Bertz CT molecular complexity index is 256. The number of hydrogen-bond acceptors (Lipinski definition) is 5. The van der Waals surface area contributed by atoms with Crippen LogP contribution in [0.3, 0.4) is 0 Å². The summed E-state index contributed by atoms with van der Waals surface area (Å²) in [7, 11) is 0. The molecule has 1 saturated heterocycles. The van der Waals surface area contributed by atoms with Crippen LogP contribution >= 0.6 is 0 Å². The van der Waals surface area contributed by atoms with Crippen LogP contribution in [0.2, 0.25) is 0 Å². The summed E-state index contributed by atoms with van der Waals surface area (Å²) < 4.78 is 10.5.